The molecular weight excluding hydrogens is 471 g/mol. The summed E-state index contributed by atoms with van der Waals surface area (Å²) in [7, 11) is 0. The minimum absolute atomic E-state index is 0.0316. The molecule has 1 saturated heterocycles. The maximum absolute atomic E-state index is 10.8. The summed E-state index contributed by atoms with van der Waals surface area (Å²) in [5.74, 6) is -1.83. The molecule has 1 aliphatic rings. The van der Waals surface area contributed by atoms with Gasteiger partial charge in [-0.3, -0.25) is 9.69 Å². The number of halogens is 3. The van der Waals surface area contributed by atoms with Crippen molar-refractivity contribution < 1.29 is 47.2 Å². The lowest BCUT2D eigenvalue weighted by molar-refractivity contribution is -0.192. The van der Waals surface area contributed by atoms with E-state index in [4.69, 9.17) is 29.2 Å². The van der Waals surface area contributed by atoms with Crippen molar-refractivity contribution in [2.45, 2.75) is 25.1 Å². The topological polar surface area (TPSA) is 106 Å². The van der Waals surface area contributed by atoms with Crippen LogP contribution in [0.15, 0.2) is 54.6 Å². The van der Waals surface area contributed by atoms with Crippen molar-refractivity contribution in [3.8, 4) is 11.5 Å². The Bertz CT molecular complexity index is 908. The molecule has 1 heterocycles. The smallest absolute Gasteiger partial charge is 0.490 e. The highest BCUT2D eigenvalue weighted by atomic mass is 19.4. The second-order valence-electron chi connectivity index (χ2n) is 7.54. The minimum Gasteiger partial charge on any atom is -0.493 e. The van der Waals surface area contributed by atoms with Gasteiger partial charge in [-0.1, -0.05) is 30.3 Å². The van der Waals surface area contributed by atoms with Gasteiger partial charge in [0.15, 0.2) is 0 Å². The van der Waals surface area contributed by atoms with E-state index in [9.17, 15) is 18.0 Å². The van der Waals surface area contributed by atoms with Crippen LogP contribution in [0, 0.1) is 0 Å². The van der Waals surface area contributed by atoms with Gasteiger partial charge in [0.1, 0.15) is 11.5 Å². The van der Waals surface area contributed by atoms with Gasteiger partial charge < -0.3 is 24.4 Å². The van der Waals surface area contributed by atoms with Crippen molar-refractivity contribution >= 4 is 11.9 Å². The molecular formula is C24H28F3NO7. The van der Waals surface area contributed by atoms with Gasteiger partial charge in [-0.05, 0) is 29.8 Å². The molecule has 2 aromatic rings. The van der Waals surface area contributed by atoms with Crippen molar-refractivity contribution in [2.75, 3.05) is 39.5 Å². The molecule has 11 heteroatoms. The minimum atomic E-state index is -5.08. The van der Waals surface area contributed by atoms with Crippen LogP contribution in [-0.2, 0) is 14.3 Å². The van der Waals surface area contributed by atoms with Gasteiger partial charge in [-0.15, -0.1) is 0 Å². The molecule has 0 saturated carbocycles. The lowest BCUT2D eigenvalue weighted by Crippen LogP contribution is -2.39. The fourth-order valence-electron chi connectivity index (χ4n) is 3.10. The van der Waals surface area contributed by atoms with Crippen LogP contribution < -0.4 is 9.47 Å². The number of morpholine rings is 1. The molecule has 0 bridgehead atoms. The highest BCUT2D eigenvalue weighted by Crippen LogP contribution is 2.24. The van der Waals surface area contributed by atoms with Crippen LogP contribution in [0.4, 0.5) is 13.2 Å². The number of ether oxygens (including phenoxy) is 3. The molecule has 0 amide bonds. The Balaban J connectivity index is 0.000000540. The zero-order chi connectivity index (χ0) is 25.7. The normalized spacial score (nSPS) is 16.0. The molecule has 192 valence electrons. The highest BCUT2D eigenvalue weighted by molar-refractivity contribution is 5.73. The van der Waals surface area contributed by atoms with Gasteiger partial charge >= 0.3 is 18.1 Å². The average Bonchev–Trinajstić information content (AvgIpc) is 2.83. The summed E-state index contributed by atoms with van der Waals surface area (Å²) in [5, 5.41) is 16.0. The molecule has 1 aliphatic heterocycles. The third-order valence-corrected chi connectivity index (χ3v) is 4.86. The third kappa shape index (κ3) is 11.1. The van der Waals surface area contributed by atoms with E-state index in [0.717, 1.165) is 30.0 Å². The first kappa shape index (κ1) is 27.9. The second kappa shape index (κ2) is 14.2. The Labute approximate surface area is 200 Å². The van der Waals surface area contributed by atoms with E-state index >= 15 is 0 Å². The van der Waals surface area contributed by atoms with Crippen LogP contribution in [0.2, 0.25) is 0 Å². The van der Waals surface area contributed by atoms with E-state index in [1.807, 2.05) is 54.6 Å². The average molecular weight is 499 g/mol. The first-order valence-corrected chi connectivity index (χ1v) is 10.9. The van der Waals surface area contributed by atoms with E-state index in [1.165, 1.54) is 0 Å². The molecule has 0 spiro atoms. The van der Waals surface area contributed by atoms with Gasteiger partial charge in [-0.2, -0.15) is 13.2 Å². The Hall–Kier alpha value is -3.31. The van der Waals surface area contributed by atoms with E-state index in [-0.39, 0.29) is 12.5 Å². The lowest BCUT2D eigenvalue weighted by Gasteiger charge is -2.32. The maximum Gasteiger partial charge on any atom is 0.490 e. The molecule has 8 nitrogen and oxygen atoms in total. The third-order valence-electron chi connectivity index (χ3n) is 4.86. The van der Waals surface area contributed by atoms with Crippen LogP contribution in [0.1, 0.15) is 24.5 Å². The SMILES string of the molecule is O=C(O)C(F)(F)F.O=C(O)CCN1CCOC(c2ccc(OCCCOc3ccccc3)cc2)C1. The first-order valence-electron chi connectivity index (χ1n) is 10.9. The van der Waals surface area contributed by atoms with Crippen molar-refractivity contribution in [2.24, 2.45) is 0 Å². The summed E-state index contributed by atoms with van der Waals surface area (Å²) in [6, 6.07) is 17.7. The molecule has 1 unspecified atom stereocenters. The molecule has 1 fully saturated rings. The number of carboxylic acid groups (broad SMARTS) is 2. The van der Waals surface area contributed by atoms with Crippen LogP contribution in [0.25, 0.3) is 0 Å². The summed E-state index contributed by atoms with van der Waals surface area (Å²) < 4.78 is 49.0. The summed E-state index contributed by atoms with van der Waals surface area (Å²) in [6.07, 6.45) is -4.15. The zero-order valence-electron chi connectivity index (χ0n) is 18.9. The van der Waals surface area contributed by atoms with Crippen LogP contribution >= 0.6 is 0 Å². The molecule has 0 aliphatic carbocycles. The monoisotopic (exact) mass is 499 g/mol. The van der Waals surface area contributed by atoms with Gasteiger partial charge in [0.25, 0.3) is 0 Å². The lowest BCUT2D eigenvalue weighted by atomic mass is 10.1. The van der Waals surface area contributed by atoms with Crippen molar-refractivity contribution in [3.05, 3.63) is 60.2 Å². The van der Waals surface area contributed by atoms with Gasteiger partial charge in [0.2, 0.25) is 0 Å². The second-order valence-corrected chi connectivity index (χ2v) is 7.54. The number of hydrogen-bond donors (Lipinski definition) is 2. The Kier molecular flexibility index (Phi) is 11.3. The number of alkyl halides is 3. The van der Waals surface area contributed by atoms with Crippen molar-refractivity contribution in [1.29, 1.82) is 0 Å². The zero-order valence-corrected chi connectivity index (χ0v) is 18.9. The number of aliphatic carboxylic acids is 2. The van der Waals surface area contributed by atoms with Crippen molar-refractivity contribution in [3.63, 3.8) is 0 Å². The number of carboxylic acids is 2. The summed E-state index contributed by atoms with van der Waals surface area (Å²) in [4.78, 5) is 21.8. The fraction of sp³-hybridized carbons (Fsp3) is 0.417. The number of para-hydroxylation sites is 1. The highest BCUT2D eigenvalue weighted by Gasteiger charge is 2.38. The van der Waals surface area contributed by atoms with Gasteiger partial charge in [0, 0.05) is 26.1 Å². The van der Waals surface area contributed by atoms with Crippen LogP contribution in [-0.4, -0.2) is 72.7 Å². The predicted octanol–water partition coefficient (Wildman–Crippen LogP) is 4.02. The van der Waals surface area contributed by atoms with Gasteiger partial charge in [-0.25, -0.2) is 4.79 Å². The largest absolute Gasteiger partial charge is 0.493 e. The summed E-state index contributed by atoms with van der Waals surface area (Å²) >= 11 is 0. The summed E-state index contributed by atoms with van der Waals surface area (Å²) in [5.41, 5.74) is 1.08. The molecule has 3 rings (SSSR count). The summed E-state index contributed by atoms with van der Waals surface area (Å²) in [6.45, 7) is 3.87. The van der Waals surface area contributed by atoms with E-state index in [0.29, 0.717) is 32.9 Å². The first-order chi connectivity index (χ1) is 16.6. The van der Waals surface area contributed by atoms with Crippen molar-refractivity contribution in [1.82, 2.24) is 4.90 Å². The number of benzene rings is 2. The molecule has 1 atom stereocenters. The number of rotatable bonds is 10. The fourth-order valence-corrected chi connectivity index (χ4v) is 3.10. The Morgan fingerprint density at radius 2 is 1.54 bits per heavy atom. The van der Waals surface area contributed by atoms with Gasteiger partial charge in [0.05, 0.1) is 32.3 Å². The standard InChI is InChI=1S/C22H27NO5.C2HF3O2/c24-22(25)11-12-23-13-16-28-21(17-23)18-7-9-20(10-8-18)27-15-4-14-26-19-5-2-1-3-6-19;3-2(4,5)1(6)7/h1-3,5-10,21H,4,11-17H2,(H,24,25);(H,6,7). The van der Waals surface area contributed by atoms with E-state index in [2.05, 4.69) is 4.90 Å². The van der Waals surface area contributed by atoms with E-state index < -0.39 is 18.1 Å². The molecule has 35 heavy (non-hydrogen) atoms. The molecule has 2 aromatic carbocycles. The Morgan fingerprint density at radius 1 is 0.971 bits per heavy atom. The molecule has 0 aromatic heterocycles. The molecule has 2 N–H and O–H groups in total. The number of carbonyl (C=O) groups is 2. The maximum atomic E-state index is 10.8. The van der Waals surface area contributed by atoms with Crippen LogP contribution in [0.5, 0.6) is 11.5 Å². The quantitative estimate of drug-likeness (QED) is 0.473. The van der Waals surface area contributed by atoms with E-state index in [1.54, 1.807) is 0 Å². The van der Waals surface area contributed by atoms with Crippen LogP contribution in [0.3, 0.4) is 0 Å². The number of nitrogens with zero attached hydrogens (tertiary/aromatic N) is 1. The molecule has 0 radical (unpaired) electrons. The predicted molar refractivity (Wildman–Crippen MR) is 120 cm³/mol. The number of hydrogen-bond acceptors (Lipinski definition) is 6. The Morgan fingerprint density at radius 3 is 2.09 bits per heavy atom.